The Kier molecular flexibility index (Phi) is 8.69. The molecule has 3 rings (SSSR count). The van der Waals surface area contributed by atoms with Crippen molar-refractivity contribution in [2.45, 2.75) is 32.6 Å². The summed E-state index contributed by atoms with van der Waals surface area (Å²) in [6.07, 6.45) is 6.41. The monoisotopic (exact) mass is 518 g/mol. The number of amides is 2. The van der Waals surface area contributed by atoms with Crippen LogP contribution in [0.4, 0.5) is 0 Å². The number of unbranched alkanes of at least 4 members (excludes halogenated alkanes) is 3. The number of benzene rings is 2. The van der Waals surface area contributed by atoms with E-state index < -0.39 is 5.91 Å². The molecule has 2 aromatic carbocycles. The molecule has 0 radical (unpaired) electrons. The molecule has 1 N–H and O–H groups in total. The van der Waals surface area contributed by atoms with Gasteiger partial charge in [0.2, 0.25) is 0 Å². The fourth-order valence-electron chi connectivity index (χ4n) is 2.86. The summed E-state index contributed by atoms with van der Waals surface area (Å²) in [5.74, 6) is 0.0603. The van der Waals surface area contributed by atoms with Gasteiger partial charge in [0.1, 0.15) is 5.75 Å². The van der Waals surface area contributed by atoms with Crippen molar-refractivity contribution in [3.8, 4) is 5.75 Å². The molecule has 8 heteroatoms. The van der Waals surface area contributed by atoms with Crippen LogP contribution < -0.4 is 10.2 Å². The van der Waals surface area contributed by atoms with Crippen LogP contribution in [0.1, 0.15) is 48.5 Å². The molecule has 2 amide bonds. The van der Waals surface area contributed by atoms with E-state index in [9.17, 15) is 9.59 Å². The zero-order chi connectivity index (χ0) is 22.2. The van der Waals surface area contributed by atoms with Crippen LogP contribution in [0.15, 0.2) is 57.9 Å². The molecule has 0 saturated carbocycles. The number of carbonyl (C=O) groups excluding carboxylic acids is 2. The van der Waals surface area contributed by atoms with Crippen molar-refractivity contribution in [2.75, 3.05) is 6.61 Å². The van der Waals surface area contributed by atoms with Gasteiger partial charge in [-0.05, 0) is 66.7 Å². The number of hydrogen-bond donors (Lipinski definition) is 1. The molecule has 2 aromatic rings. The first-order valence-corrected chi connectivity index (χ1v) is 12.1. The van der Waals surface area contributed by atoms with Crippen molar-refractivity contribution in [3.05, 3.63) is 69.0 Å². The van der Waals surface area contributed by atoms with Crippen LogP contribution in [0.2, 0.25) is 0 Å². The molecular formula is C23H23BrN2O3S2. The summed E-state index contributed by atoms with van der Waals surface area (Å²) < 4.78 is 6.91. The first-order chi connectivity index (χ1) is 15.0. The molecular weight excluding hydrogens is 496 g/mol. The number of halogens is 1. The largest absolute Gasteiger partial charge is 0.494 e. The van der Waals surface area contributed by atoms with Crippen LogP contribution in [-0.4, -0.2) is 27.8 Å². The molecule has 1 aliphatic rings. The summed E-state index contributed by atoms with van der Waals surface area (Å²) in [4.78, 5) is 25.6. The van der Waals surface area contributed by atoms with E-state index in [0.717, 1.165) is 39.0 Å². The minimum atomic E-state index is -0.398. The number of hydrazine groups is 1. The minimum Gasteiger partial charge on any atom is -0.494 e. The minimum absolute atomic E-state index is 0.286. The Bertz CT molecular complexity index is 975. The third-order valence-corrected chi connectivity index (χ3v) is 6.39. The van der Waals surface area contributed by atoms with E-state index in [2.05, 4.69) is 28.3 Å². The highest BCUT2D eigenvalue weighted by atomic mass is 79.9. The van der Waals surface area contributed by atoms with E-state index in [1.54, 1.807) is 30.3 Å². The summed E-state index contributed by atoms with van der Waals surface area (Å²) in [6.45, 7) is 2.89. The lowest BCUT2D eigenvalue weighted by molar-refractivity contribution is -0.123. The van der Waals surface area contributed by atoms with Crippen molar-refractivity contribution in [2.24, 2.45) is 0 Å². The van der Waals surface area contributed by atoms with Gasteiger partial charge in [-0.15, -0.1) is 0 Å². The lowest BCUT2D eigenvalue weighted by atomic mass is 10.2. The highest BCUT2D eigenvalue weighted by Gasteiger charge is 2.33. The Morgan fingerprint density at radius 3 is 2.52 bits per heavy atom. The first kappa shape index (κ1) is 23.5. The number of thiocarbonyl (C=S) groups is 1. The van der Waals surface area contributed by atoms with Gasteiger partial charge in [0.15, 0.2) is 4.32 Å². The molecule has 0 aliphatic carbocycles. The summed E-state index contributed by atoms with van der Waals surface area (Å²) in [5.41, 5.74) is 3.88. The Morgan fingerprint density at radius 2 is 1.84 bits per heavy atom. The van der Waals surface area contributed by atoms with E-state index in [0.29, 0.717) is 17.1 Å². The van der Waals surface area contributed by atoms with Gasteiger partial charge < -0.3 is 4.74 Å². The second-order valence-corrected chi connectivity index (χ2v) is 9.53. The van der Waals surface area contributed by atoms with Crippen LogP contribution >= 0.6 is 39.9 Å². The third-order valence-electron chi connectivity index (χ3n) is 4.56. The van der Waals surface area contributed by atoms with E-state index in [1.807, 2.05) is 24.3 Å². The predicted molar refractivity (Wildman–Crippen MR) is 133 cm³/mol. The van der Waals surface area contributed by atoms with Gasteiger partial charge in [-0.1, -0.05) is 66.0 Å². The topological polar surface area (TPSA) is 58.6 Å². The molecule has 0 atom stereocenters. The van der Waals surface area contributed by atoms with Crippen LogP contribution in [0.3, 0.4) is 0 Å². The highest BCUT2D eigenvalue weighted by molar-refractivity contribution is 9.10. The fourth-order valence-corrected chi connectivity index (χ4v) is 4.31. The second kappa shape index (κ2) is 11.5. The maximum atomic E-state index is 12.7. The molecule has 1 fully saturated rings. The van der Waals surface area contributed by atoms with Crippen LogP contribution in [0.25, 0.3) is 6.08 Å². The van der Waals surface area contributed by atoms with Gasteiger partial charge in [-0.3, -0.25) is 15.0 Å². The number of hydrogen-bond acceptors (Lipinski definition) is 5. The standard InChI is InChI=1S/C23H23BrN2O3S2/c1-2-3-4-5-14-29-19-12-6-16(7-13-19)15-20-22(28)26(23(30)31-20)25-21(27)17-8-10-18(24)11-9-17/h6-13,15H,2-5,14H2,1H3,(H,25,27)/b20-15-. The van der Waals surface area contributed by atoms with Gasteiger partial charge in [-0.2, -0.15) is 5.01 Å². The predicted octanol–water partition coefficient (Wildman–Crippen LogP) is 5.95. The van der Waals surface area contributed by atoms with Gasteiger partial charge in [0.05, 0.1) is 11.5 Å². The first-order valence-electron chi connectivity index (χ1n) is 10.1. The lowest BCUT2D eigenvalue weighted by Gasteiger charge is -2.15. The number of rotatable bonds is 9. The van der Waals surface area contributed by atoms with Gasteiger partial charge in [-0.25, -0.2) is 0 Å². The molecule has 0 aromatic heterocycles. The van der Waals surface area contributed by atoms with Crippen LogP contribution in [-0.2, 0) is 4.79 Å². The molecule has 1 saturated heterocycles. The number of ether oxygens (including phenoxy) is 1. The Morgan fingerprint density at radius 1 is 1.13 bits per heavy atom. The number of thioether (sulfide) groups is 1. The van der Waals surface area contributed by atoms with Gasteiger partial charge in [0, 0.05) is 10.0 Å². The molecule has 5 nitrogen and oxygen atoms in total. The van der Waals surface area contributed by atoms with Crippen molar-refractivity contribution in [1.82, 2.24) is 10.4 Å². The second-order valence-electron chi connectivity index (χ2n) is 6.94. The van der Waals surface area contributed by atoms with E-state index in [4.69, 9.17) is 17.0 Å². The smallest absolute Gasteiger partial charge is 0.285 e. The van der Waals surface area contributed by atoms with Crippen molar-refractivity contribution < 1.29 is 14.3 Å². The fraction of sp³-hybridized carbons (Fsp3) is 0.261. The van der Waals surface area contributed by atoms with Gasteiger partial charge >= 0.3 is 0 Å². The number of carbonyl (C=O) groups is 2. The average Bonchev–Trinajstić information content (AvgIpc) is 3.02. The summed E-state index contributed by atoms with van der Waals surface area (Å²) >= 11 is 9.77. The molecule has 31 heavy (non-hydrogen) atoms. The molecule has 1 heterocycles. The summed E-state index contributed by atoms with van der Waals surface area (Å²) in [6, 6.07) is 14.4. The number of nitrogens with one attached hydrogen (secondary N) is 1. The van der Waals surface area contributed by atoms with Crippen molar-refractivity contribution in [3.63, 3.8) is 0 Å². The maximum Gasteiger partial charge on any atom is 0.285 e. The highest BCUT2D eigenvalue weighted by Crippen LogP contribution is 2.31. The van der Waals surface area contributed by atoms with Crippen molar-refractivity contribution in [1.29, 1.82) is 0 Å². The normalized spacial score (nSPS) is 14.9. The maximum absolute atomic E-state index is 12.7. The zero-order valence-electron chi connectivity index (χ0n) is 17.1. The Balaban J connectivity index is 1.59. The van der Waals surface area contributed by atoms with Crippen LogP contribution in [0.5, 0.6) is 5.75 Å². The molecule has 0 spiro atoms. The third kappa shape index (κ3) is 6.66. The SMILES string of the molecule is CCCCCCOc1ccc(/C=C2\SC(=S)N(NC(=O)c3ccc(Br)cc3)C2=O)cc1. The number of nitrogens with zero attached hydrogens (tertiary/aromatic N) is 1. The summed E-state index contributed by atoms with van der Waals surface area (Å²) in [5, 5.41) is 1.12. The van der Waals surface area contributed by atoms with E-state index in [-0.39, 0.29) is 10.2 Å². The Hall–Kier alpha value is -2.16. The summed E-state index contributed by atoms with van der Waals surface area (Å²) in [7, 11) is 0. The molecule has 1 aliphatic heterocycles. The zero-order valence-corrected chi connectivity index (χ0v) is 20.3. The van der Waals surface area contributed by atoms with E-state index >= 15 is 0 Å². The average molecular weight is 519 g/mol. The quantitative estimate of drug-likeness (QED) is 0.252. The Labute approximate surface area is 200 Å². The van der Waals surface area contributed by atoms with E-state index in [1.165, 1.54) is 19.3 Å². The molecule has 0 unspecified atom stereocenters. The van der Waals surface area contributed by atoms with Gasteiger partial charge in [0.25, 0.3) is 11.8 Å². The lowest BCUT2D eigenvalue weighted by Crippen LogP contribution is -2.44. The molecule has 162 valence electrons. The molecule has 0 bridgehead atoms. The van der Waals surface area contributed by atoms with Crippen LogP contribution in [0, 0.1) is 0 Å². The van der Waals surface area contributed by atoms with Crippen molar-refractivity contribution >= 4 is 62.1 Å².